The van der Waals surface area contributed by atoms with Crippen LogP contribution in [0.3, 0.4) is 0 Å². The smallest absolute Gasteiger partial charge is 0.264 e. The molecular formula is C18H15F2NO2S. The number of fused-ring (bicyclic) bond motifs is 1. The highest BCUT2D eigenvalue weighted by Crippen LogP contribution is 2.28. The molecule has 0 fully saturated rings. The third-order valence-corrected chi connectivity index (χ3v) is 4.79. The van der Waals surface area contributed by atoms with E-state index in [0.29, 0.717) is 15.8 Å². The van der Waals surface area contributed by atoms with Crippen molar-refractivity contribution in [3.8, 4) is 5.75 Å². The molecule has 24 heavy (non-hydrogen) atoms. The number of ether oxygens (including phenoxy) is 1. The number of hydrogen-bond acceptors (Lipinski definition) is 3. The highest BCUT2D eigenvalue weighted by molar-refractivity contribution is 7.20. The van der Waals surface area contributed by atoms with Crippen molar-refractivity contribution in [2.75, 3.05) is 14.2 Å². The fourth-order valence-electron chi connectivity index (χ4n) is 2.47. The zero-order valence-corrected chi connectivity index (χ0v) is 14.0. The van der Waals surface area contributed by atoms with Gasteiger partial charge < -0.3 is 9.64 Å². The molecule has 1 amide bonds. The maximum Gasteiger partial charge on any atom is 0.264 e. The van der Waals surface area contributed by atoms with Gasteiger partial charge in [-0.15, -0.1) is 11.3 Å². The number of carbonyl (C=O) groups excluding carboxylic acids is 1. The first-order valence-corrected chi connectivity index (χ1v) is 8.07. The second-order valence-corrected chi connectivity index (χ2v) is 6.48. The first-order valence-electron chi connectivity index (χ1n) is 7.25. The zero-order chi connectivity index (χ0) is 17.3. The van der Waals surface area contributed by atoms with E-state index in [1.807, 2.05) is 0 Å². The van der Waals surface area contributed by atoms with Crippen LogP contribution in [0.1, 0.15) is 15.2 Å². The maximum absolute atomic E-state index is 13.8. The Morgan fingerprint density at radius 3 is 2.62 bits per heavy atom. The molecule has 3 rings (SSSR count). The van der Waals surface area contributed by atoms with Gasteiger partial charge in [0.1, 0.15) is 5.82 Å². The average Bonchev–Trinajstić information content (AvgIpc) is 3.00. The van der Waals surface area contributed by atoms with Gasteiger partial charge in [-0.05, 0) is 35.9 Å². The number of hydrogen-bond donors (Lipinski definition) is 0. The molecule has 0 unspecified atom stereocenters. The minimum atomic E-state index is -0.472. The van der Waals surface area contributed by atoms with Gasteiger partial charge in [-0.3, -0.25) is 4.79 Å². The van der Waals surface area contributed by atoms with E-state index >= 15 is 0 Å². The molecule has 2 aromatic carbocycles. The van der Waals surface area contributed by atoms with Crippen LogP contribution in [-0.4, -0.2) is 25.0 Å². The monoisotopic (exact) mass is 347 g/mol. The Hall–Kier alpha value is -2.47. The molecule has 124 valence electrons. The van der Waals surface area contributed by atoms with Gasteiger partial charge in [0.15, 0.2) is 11.6 Å². The molecule has 0 atom stereocenters. The lowest BCUT2D eigenvalue weighted by Gasteiger charge is -2.16. The summed E-state index contributed by atoms with van der Waals surface area (Å²) in [5, 5.41) is 0.440. The first-order chi connectivity index (χ1) is 11.5. The first kappa shape index (κ1) is 16.4. The van der Waals surface area contributed by atoms with Crippen molar-refractivity contribution in [1.82, 2.24) is 4.90 Å². The maximum atomic E-state index is 13.8. The molecule has 0 spiro atoms. The molecule has 3 aromatic rings. The number of carbonyl (C=O) groups is 1. The van der Waals surface area contributed by atoms with E-state index in [4.69, 9.17) is 4.74 Å². The Balaban J connectivity index is 1.81. The third-order valence-electron chi connectivity index (χ3n) is 3.70. The van der Waals surface area contributed by atoms with Crippen LogP contribution in [0.4, 0.5) is 8.78 Å². The van der Waals surface area contributed by atoms with Crippen LogP contribution in [-0.2, 0) is 6.54 Å². The zero-order valence-electron chi connectivity index (χ0n) is 13.2. The van der Waals surface area contributed by atoms with Crippen LogP contribution in [0.2, 0.25) is 0 Å². The van der Waals surface area contributed by atoms with Crippen LogP contribution < -0.4 is 4.74 Å². The van der Waals surface area contributed by atoms with E-state index in [9.17, 15) is 13.6 Å². The lowest BCUT2D eigenvalue weighted by molar-refractivity contribution is 0.0790. The van der Waals surface area contributed by atoms with Gasteiger partial charge in [0.05, 0.1) is 12.0 Å². The van der Waals surface area contributed by atoms with Crippen molar-refractivity contribution in [2.45, 2.75) is 6.54 Å². The second kappa shape index (κ2) is 6.57. The summed E-state index contributed by atoms with van der Waals surface area (Å²) in [4.78, 5) is 14.5. The normalized spacial score (nSPS) is 10.8. The molecule has 1 aromatic heterocycles. The molecule has 0 radical (unpaired) electrons. The summed E-state index contributed by atoms with van der Waals surface area (Å²) < 4.78 is 33.1. The lowest BCUT2D eigenvalue weighted by Crippen LogP contribution is -2.25. The van der Waals surface area contributed by atoms with Crippen LogP contribution in [0.25, 0.3) is 10.1 Å². The van der Waals surface area contributed by atoms with Gasteiger partial charge in [0.2, 0.25) is 0 Å². The number of halogens is 2. The van der Waals surface area contributed by atoms with E-state index in [1.54, 1.807) is 31.3 Å². The summed E-state index contributed by atoms with van der Waals surface area (Å²) in [5.74, 6) is -0.887. The second-order valence-electron chi connectivity index (χ2n) is 5.39. The summed E-state index contributed by atoms with van der Waals surface area (Å²) in [6.07, 6.45) is 0. The van der Waals surface area contributed by atoms with Crippen LogP contribution in [0, 0.1) is 11.6 Å². The Bertz CT molecular complexity index is 907. The average molecular weight is 347 g/mol. The highest BCUT2D eigenvalue weighted by Gasteiger charge is 2.17. The van der Waals surface area contributed by atoms with Gasteiger partial charge in [0.25, 0.3) is 5.91 Å². The van der Waals surface area contributed by atoms with Gasteiger partial charge in [-0.1, -0.05) is 12.1 Å². The molecule has 0 bridgehead atoms. The summed E-state index contributed by atoms with van der Waals surface area (Å²) in [5.41, 5.74) is 0.649. The fourth-order valence-corrected chi connectivity index (χ4v) is 3.54. The molecule has 0 aliphatic carbocycles. The van der Waals surface area contributed by atoms with Crippen LogP contribution >= 0.6 is 11.3 Å². The summed E-state index contributed by atoms with van der Waals surface area (Å²) in [7, 11) is 3.03. The molecule has 0 aliphatic heterocycles. The highest BCUT2D eigenvalue weighted by atomic mass is 32.1. The van der Waals surface area contributed by atoms with Crippen molar-refractivity contribution < 1.29 is 18.3 Å². The molecule has 0 saturated carbocycles. The molecule has 0 N–H and O–H groups in total. The Morgan fingerprint density at radius 1 is 1.17 bits per heavy atom. The van der Waals surface area contributed by atoms with Crippen molar-refractivity contribution in [3.05, 3.63) is 64.5 Å². The van der Waals surface area contributed by atoms with Gasteiger partial charge >= 0.3 is 0 Å². The number of rotatable bonds is 4. The predicted octanol–water partition coefficient (Wildman–Crippen LogP) is 4.46. The van der Waals surface area contributed by atoms with Gasteiger partial charge in [0, 0.05) is 23.7 Å². The van der Waals surface area contributed by atoms with E-state index in [1.165, 1.54) is 41.5 Å². The van der Waals surface area contributed by atoms with Crippen LogP contribution in [0.5, 0.6) is 5.75 Å². The molecular weight excluding hydrogens is 332 g/mol. The summed E-state index contributed by atoms with van der Waals surface area (Å²) in [6, 6.07) is 10.9. The van der Waals surface area contributed by atoms with Crippen molar-refractivity contribution in [1.29, 1.82) is 0 Å². The molecule has 0 saturated heterocycles. The minimum absolute atomic E-state index is 0.160. The topological polar surface area (TPSA) is 29.5 Å². The lowest BCUT2D eigenvalue weighted by atomic mass is 10.2. The predicted molar refractivity (Wildman–Crippen MR) is 90.5 cm³/mol. The van der Waals surface area contributed by atoms with Crippen molar-refractivity contribution in [2.24, 2.45) is 0 Å². The molecule has 1 heterocycles. The fraction of sp³-hybridized carbons (Fsp3) is 0.167. The van der Waals surface area contributed by atoms with Crippen LogP contribution in [0.15, 0.2) is 42.5 Å². The quantitative estimate of drug-likeness (QED) is 0.697. The molecule has 6 heteroatoms. The summed E-state index contributed by atoms with van der Waals surface area (Å²) in [6.45, 7) is 0.247. The number of methoxy groups -OCH3 is 1. The number of amides is 1. The third kappa shape index (κ3) is 3.10. The van der Waals surface area contributed by atoms with E-state index in [-0.39, 0.29) is 24.0 Å². The Kier molecular flexibility index (Phi) is 4.49. The number of nitrogens with zero attached hydrogens (tertiary/aromatic N) is 1. The number of benzene rings is 2. The van der Waals surface area contributed by atoms with Crippen molar-refractivity contribution in [3.63, 3.8) is 0 Å². The minimum Gasteiger partial charge on any atom is -0.494 e. The van der Waals surface area contributed by atoms with E-state index < -0.39 is 5.82 Å². The molecule has 0 aliphatic rings. The standard InChI is InChI=1S/C18H15F2NO2S/c1-21(10-11-6-7-15(23-2)14(20)8-11)18(22)17-9-12-13(19)4-3-5-16(12)24-17/h3-9H,10H2,1-2H3. The Labute approximate surface area is 142 Å². The van der Waals surface area contributed by atoms with Gasteiger partial charge in [-0.2, -0.15) is 0 Å². The Morgan fingerprint density at radius 2 is 1.96 bits per heavy atom. The van der Waals surface area contributed by atoms with Crippen molar-refractivity contribution >= 4 is 27.3 Å². The summed E-state index contributed by atoms with van der Waals surface area (Å²) >= 11 is 1.24. The van der Waals surface area contributed by atoms with E-state index in [2.05, 4.69) is 0 Å². The SMILES string of the molecule is COc1ccc(CN(C)C(=O)c2cc3c(F)cccc3s2)cc1F. The molecule has 3 nitrogen and oxygen atoms in total. The van der Waals surface area contributed by atoms with E-state index in [0.717, 1.165) is 4.70 Å². The largest absolute Gasteiger partial charge is 0.494 e. The van der Waals surface area contributed by atoms with Gasteiger partial charge in [-0.25, -0.2) is 8.78 Å². The number of thiophene rings is 1.